The number of benzene rings is 2. The predicted molar refractivity (Wildman–Crippen MR) is 98.3 cm³/mol. The first-order chi connectivity index (χ1) is 11.7. The van der Waals surface area contributed by atoms with Crippen LogP contribution in [-0.4, -0.2) is 11.1 Å². The Morgan fingerprint density at radius 2 is 1.83 bits per heavy atom. The average molecular weight is 325 g/mol. The molecule has 0 saturated heterocycles. The minimum Gasteiger partial charge on any atom is -0.478 e. The van der Waals surface area contributed by atoms with Crippen molar-refractivity contribution in [1.29, 1.82) is 0 Å². The zero-order valence-electron chi connectivity index (χ0n) is 14.6. The SMILES string of the molecule is CCCCC(NCc1ccccc1)c1cc(CC)ccc1C(=O)O. The van der Waals surface area contributed by atoms with Gasteiger partial charge in [-0.2, -0.15) is 0 Å². The van der Waals surface area contributed by atoms with Gasteiger partial charge in [-0.15, -0.1) is 0 Å². The van der Waals surface area contributed by atoms with Gasteiger partial charge < -0.3 is 10.4 Å². The summed E-state index contributed by atoms with van der Waals surface area (Å²) in [6.45, 7) is 5.00. The van der Waals surface area contributed by atoms with E-state index in [2.05, 4.69) is 37.4 Å². The van der Waals surface area contributed by atoms with Crippen LogP contribution in [0.1, 0.15) is 66.2 Å². The molecule has 2 rings (SSSR count). The molecular formula is C21H27NO2. The summed E-state index contributed by atoms with van der Waals surface area (Å²) in [4.78, 5) is 11.6. The Kier molecular flexibility index (Phi) is 7.01. The Morgan fingerprint density at radius 1 is 1.08 bits per heavy atom. The van der Waals surface area contributed by atoms with Gasteiger partial charge in [0.1, 0.15) is 0 Å². The van der Waals surface area contributed by atoms with Gasteiger partial charge in [-0.1, -0.05) is 69.2 Å². The van der Waals surface area contributed by atoms with Gasteiger partial charge in [0, 0.05) is 12.6 Å². The summed E-state index contributed by atoms with van der Waals surface area (Å²) < 4.78 is 0. The number of aromatic carboxylic acids is 1. The highest BCUT2D eigenvalue weighted by Gasteiger charge is 2.19. The van der Waals surface area contributed by atoms with Crippen molar-refractivity contribution in [2.24, 2.45) is 0 Å². The molecule has 3 nitrogen and oxygen atoms in total. The fraction of sp³-hybridized carbons (Fsp3) is 0.381. The average Bonchev–Trinajstić information content (AvgIpc) is 2.62. The van der Waals surface area contributed by atoms with Crippen molar-refractivity contribution in [2.45, 2.75) is 52.1 Å². The normalized spacial score (nSPS) is 12.1. The van der Waals surface area contributed by atoms with Crippen LogP contribution < -0.4 is 5.32 Å². The zero-order chi connectivity index (χ0) is 17.4. The van der Waals surface area contributed by atoms with E-state index in [4.69, 9.17) is 0 Å². The molecule has 3 heteroatoms. The number of carboxylic acid groups (broad SMARTS) is 1. The van der Waals surface area contributed by atoms with Crippen molar-refractivity contribution in [3.8, 4) is 0 Å². The maximum Gasteiger partial charge on any atom is 0.336 e. The van der Waals surface area contributed by atoms with E-state index < -0.39 is 5.97 Å². The van der Waals surface area contributed by atoms with Gasteiger partial charge in [0.15, 0.2) is 0 Å². The third kappa shape index (κ3) is 4.93. The summed E-state index contributed by atoms with van der Waals surface area (Å²) in [6, 6.07) is 16.0. The van der Waals surface area contributed by atoms with Gasteiger partial charge in [-0.05, 0) is 35.6 Å². The molecule has 0 heterocycles. The first-order valence-corrected chi connectivity index (χ1v) is 8.79. The lowest BCUT2D eigenvalue weighted by Crippen LogP contribution is -2.23. The summed E-state index contributed by atoms with van der Waals surface area (Å²) >= 11 is 0. The molecular weight excluding hydrogens is 298 g/mol. The van der Waals surface area contributed by atoms with Crippen LogP contribution in [-0.2, 0) is 13.0 Å². The van der Waals surface area contributed by atoms with Crippen LogP contribution in [0.4, 0.5) is 0 Å². The predicted octanol–water partition coefficient (Wildman–Crippen LogP) is 4.97. The molecule has 0 aromatic heterocycles. The van der Waals surface area contributed by atoms with E-state index in [0.717, 1.165) is 37.8 Å². The second-order valence-electron chi connectivity index (χ2n) is 6.14. The molecule has 1 unspecified atom stereocenters. The largest absolute Gasteiger partial charge is 0.478 e. The zero-order valence-corrected chi connectivity index (χ0v) is 14.6. The third-order valence-corrected chi connectivity index (χ3v) is 4.37. The van der Waals surface area contributed by atoms with E-state index >= 15 is 0 Å². The highest BCUT2D eigenvalue weighted by molar-refractivity contribution is 5.89. The molecule has 0 saturated carbocycles. The summed E-state index contributed by atoms with van der Waals surface area (Å²) in [5, 5.41) is 13.1. The lowest BCUT2D eigenvalue weighted by molar-refractivity contribution is 0.0694. The van der Waals surface area contributed by atoms with Gasteiger partial charge >= 0.3 is 5.97 Å². The van der Waals surface area contributed by atoms with E-state index in [1.165, 1.54) is 11.1 Å². The molecule has 0 fully saturated rings. The van der Waals surface area contributed by atoms with Crippen LogP contribution in [0.5, 0.6) is 0 Å². The van der Waals surface area contributed by atoms with Crippen molar-refractivity contribution in [3.05, 3.63) is 70.8 Å². The number of aryl methyl sites for hydroxylation is 1. The van der Waals surface area contributed by atoms with Gasteiger partial charge in [0.05, 0.1) is 5.56 Å². The number of hydrogen-bond acceptors (Lipinski definition) is 2. The molecule has 128 valence electrons. The molecule has 0 spiro atoms. The maximum atomic E-state index is 11.6. The van der Waals surface area contributed by atoms with Crippen molar-refractivity contribution in [2.75, 3.05) is 0 Å². The Hall–Kier alpha value is -2.13. The van der Waals surface area contributed by atoms with Gasteiger partial charge in [0.25, 0.3) is 0 Å². The molecule has 1 atom stereocenters. The number of hydrogen-bond donors (Lipinski definition) is 2. The third-order valence-electron chi connectivity index (χ3n) is 4.37. The highest BCUT2D eigenvalue weighted by atomic mass is 16.4. The number of nitrogens with one attached hydrogen (secondary N) is 1. The monoisotopic (exact) mass is 325 g/mol. The van der Waals surface area contributed by atoms with Crippen molar-refractivity contribution in [3.63, 3.8) is 0 Å². The number of carboxylic acids is 1. The van der Waals surface area contributed by atoms with E-state index in [9.17, 15) is 9.90 Å². The van der Waals surface area contributed by atoms with Crippen LogP contribution >= 0.6 is 0 Å². The van der Waals surface area contributed by atoms with Crippen molar-refractivity contribution >= 4 is 5.97 Å². The van der Waals surface area contributed by atoms with Crippen LogP contribution in [0.3, 0.4) is 0 Å². The second-order valence-corrected chi connectivity index (χ2v) is 6.14. The molecule has 24 heavy (non-hydrogen) atoms. The number of rotatable bonds is 9. The summed E-state index contributed by atoms with van der Waals surface area (Å²) in [7, 11) is 0. The minimum absolute atomic E-state index is 0.0581. The smallest absolute Gasteiger partial charge is 0.336 e. The molecule has 2 aromatic rings. The number of carbonyl (C=O) groups is 1. The van der Waals surface area contributed by atoms with Crippen molar-refractivity contribution in [1.82, 2.24) is 5.32 Å². The second kappa shape index (κ2) is 9.24. The van der Waals surface area contributed by atoms with E-state index in [1.54, 1.807) is 6.07 Å². The van der Waals surface area contributed by atoms with Crippen molar-refractivity contribution < 1.29 is 9.90 Å². The van der Waals surface area contributed by atoms with Gasteiger partial charge in [0.2, 0.25) is 0 Å². The lowest BCUT2D eigenvalue weighted by Gasteiger charge is -2.22. The van der Waals surface area contributed by atoms with Crippen LogP contribution in [0, 0.1) is 0 Å². The maximum absolute atomic E-state index is 11.6. The van der Waals surface area contributed by atoms with Crippen LogP contribution in [0.25, 0.3) is 0 Å². The Balaban J connectivity index is 2.27. The lowest BCUT2D eigenvalue weighted by atomic mass is 9.93. The van der Waals surface area contributed by atoms with Crippen LogP contribution in [0.15, 0.2) is 48.5 Å². The summed E-state index contributed by atoms with van der Waals surface area (Å²) in [5.74, 6) is -0.851. The Morgan fingerprint density at radius 3 is 2.46 bits per heavy atom. The molecule has 0 aliphatic carbocycles. The van der Waals surface area contributed by atoms with Gasteiger partial charge in [-0.25, -0.2) is 4.79 Å². The molecule has 0 radical (unpaired) electrons. The molecule has 2 aromatic carbocycles. The topological polar surface area (TPSA) is 49.3 Å². The number of unbranched alkanes of at least 4 members (excludes halogenated alkanes) is 1. The van der Waals surface area contributed by atoms with E-state index in [-0.39, 0.29) is 6.04 Å². The molecule has 0 aliphatic heterocycles. The first kappa shape index (κ1) is 18.2. The van der Waals surface area contributed by atoms with Crippen LogP contribution in [0.2, 0.25) is 0 Å². The summed E-state index contributed by atoms with van der Waals surface area (Å²) in [5.41, 5.74) is 3.71. The molecule has 0 amide bonds. The van der Waals surface area contributed by atoms with Gasteiger partial charge in [-0.3, -0.25) is 0 Å². The fourth-order valence-electron chi connectivity index (χ4n) is 2.93. The standard InChI is InChI=1S/C21H27NO2/c1-3-5-11-20(22-15-17-9-7-6-8-10-17)19-14-16(4-2)12-13-18(19)21(23)24/h6-10,12-14,20,22H,3-5,11,15H2,1-2H3,(H,23,24). The molecule has 2 N–H and O–H groups in total. The molecule has 0 bridgehead atoms. The minimum atomic E-state index is -0.851. The fourth-order valence-corrected chi connectivity index (χ4v) is 2.93. The Labute approximate surface area is 144 Å². The highest BCUT2D eigenvalue weighted by Crippen LogP contribution is 2.25. The van der Waals surface area contributed by atoms with E-state index in [0.29, 0.717) is 5.56 Å². The first-order valence-electron chi connectivity index (χ1n) is 8.79. The Bertz CT molecular complexity index is 652. The quantitative estimate of drug-likeness (QED) is 0.684. The molecule has 0 aliphatic rings. The van der Waals surface area contributed by atoms with E-state index in [1.807, 2.05) is 24.3 Å². The summed E-state index contributed by atoms with van der Waals surface area (Å²) in [6.07, 6.45) is 4.02.